The van der Waals surface area contributed by atoms with E-state index in [1.165, 1.54) is 11.3 Å². The second-order valence-corrected chi connectivity index (χ2v) is 6.31. The lowest BCUT2D eigenvalue weighted by atomic mass is 9.91. The van der Waals surface area contributed by atoms with Gasteiger partial charge in [-0.25, -0.2) is 0 Å². The molecule has 0 bridgehead atoms. The Morgan fingerprint density at radius 1 is 1.10 bits per heavy atom. The van der Waals surface area contributed by atoms with Crippen LogP contribution in [0.4, 0.5) is 0 Å². The van der Waals surface area contributed by atoms with E-state index in [9.17, 15) is 14.9 Å². The molecule has 1 atom stereocenters. The van der Waals surface area contributed by atoms with Crippen LogP contribution in [0, 0.1) is 38.0 Å². The molecule has 106 valence electrons. The lowest BCUT2D eigenvalue weighted by Crippen LogP contribution is -2.23. The first kappa shape index (κ1) is 15.1. The third-order valence-electron chi connectivity index (χ3n) is 3.28. The Morgan fingerprint density at radius 2 is 1.81 bits per heavy atom. The fourth-order valence-corrected chi connectivity index (χ4v) is 3.03. The van der Waals surface area contributed by atoms with Crippen LogP contribution in [0.5, 0.6) is 0 Å². The van der Waals surface area contributed by atoms with Crippen molar-refractivity contribution < 1.29 is 9.59 Å². The fraction of sp³-hybridized carbons (Fsp3) is 0.235. The van der Waals surface area contributed by atoms with Crippen molar-refractivity contribution in [3.8, 4) is 6.07 Å². The number of carbonyl (C=O) groups excluding carboxylic acids is 2. The van der Waals surface area contributed by atoms with Crippen molar-refractivity contribution in [3.05, 3.63) is 56.8 Å². The van der Waals surface area contributed by atoms with Crippen LogP contribution in [0.2, 0.25) is 0 Å². The van der Waals surface area contributed by atoms with Gasteiger partial charge in [-0.15, -0.1) is 11.3 Å². The van der Waals surface area contributed by atoms with Crippen molar-refractivity contribution in [3.63, 3.8) is 0 Å². The van der Waals surface area contributed by atoms with E-state index in [0.717, 1.165) is 16.0 Å². The average molecular weight is 297 g/mol. The van der Waals surface area contributed by atoms with Gasteiger partial charge in [-0.05, 0) is 38.5 Å². The first-order valence-corrected chi connectivity index (χ1v) is 7.37. The number of hydrogen-bond acceptors (Lipinski definition) is 4. The predicted octanol–water partition coefficient (Wildman–Crippen LogP) is 3.88. The quantitative estimate of drug-likeness (QED) is 0.635. The van der Waals surface area contributed by atoms with Crippen molar-refractivity contribution in [2.45, 2.75) is 20.8 Å². The highest BCUT2D eigenvalue weighted by Gasteiger charge is 2.30. The fourth-order valence-electron chi connectivity index (χ4n) is 2.19. The van der Waals surface area contributed by atoms with Gasteiger partial charge in [0.25, 0.3) is 0 Å². The molecule has 0 aliphatic heterocycles. The smallest absolute Gasteiger partial charge is 0.197 e. The molecular formula is C17H15NO2S. The number of aryl methyl sites for hydroxylation is 3. The second-order valence-electron chi connectivity index (χ2n) is 5.02. The summed E-state index contributed by atoms with van der Waals surface area (Å²) in [5, 5.41) is 9.25. The van der Waals surface area contributed by atoms with E-state index < -0.39 is 17.5 Å². The summed E-state index contributed by atoms with van der Waals surface area (Å²) in [5.41, 5.74) is 2.27. The SMILES string of the molecule is Cc1ccc(C(=O)[C@@H](C#N)C(=O)c2ccc(C)s2)c(C)c1. The number of nitriles is 1. The maximum absolute atomic E-state index is 12.5. The van der Waals surface area contributed by atoms with Gasteiger partial charge in [0.2, 0.25) is 0 Å². The summed E-state index contributed by atoms with van der Waals surface area (Å²) in [4.78, 5) is 26.3. The molecule has 0 saturated carbocycles. The zero-order valence-corrected chi connectivity index (χ0v) is 13.0. The molecule has 2 rings (SSSR count). The van der Waals surface area contributed by atoms with Gasteiger partial charge in [0.05, 0.1) is 10.9 Å². The number of benzene rings is 1. The highest BCUT2D eigenvalue weighted by Crippen LogP contribution is 2.22. The number of carbonyl (C=O) groups is 2. The molecule has 0 aliphatic carbocycles. The maximum atomic E-state index is 12.5. The topological polar surface area (TPSA) is 57.9 Å². The molecule has 0 fully saturated rings. The van der Waals surface area contributed by atoms with Crippen molar-refractivity contribution in [2.24, 2.45) is 5.92 Å². The van der Waals surface area contributed by atoms with Gasteiger partial charge in [-0.1, -0.05) is 23.8 Å². The van der Waals surface area contributed by atoms with Crippen LogP contribution in [0.3, 0.4) is 0 Å². The summed E-state index contributed by atoms with van der Waals surface area (Å²) in [7, 11) is 0. The molecule has 1 aromatic carbocycles. The highest BCUT2D eigenvalue weighted by atomic mass is 32.1. The van der Waals surface area contributed by atoms with E-state index in [-0.39, 0.29) is 0 Å². The minimum atomic E-state index is -1.27. The minimum Gasteiger partial charge on any atom is -0.292 e. The number of ketones is 2. The van der Waals surface area contributed by atoms with Gasteiger partial charge in [0, 0.05) is 10.4 Å². The summed E-state index contributed by atoms with van der Waals surface area (Å²) < 4.78 is 0. The van der Waals surface area contributed by atoms with E-state index >= 15 is 0 Å². The zero-order valence-electron chi connectivity index (χ0n) is 12.1. The molecule has 4 heteroatoms. The molecule has 0 N–H and O–H groups in total. The average Bonchev–Trinajstić information content (AvgIpc) is 2.86. The van der Waals surface area contributed by atoms with Gasteiger partial charge < -0.3 is 0 Å². The lowest BCUT2D eigenvalue weighted by molar-refractivity contribution is 0.0848. The van der Waals surface area contributed by atoms with Crippen molar-refractivity contribution >= 4 is 22.9 Å². The van der Waals surface area contributed by atoms with E-state index in [1.54, 1.807) is 12.1 Å². The van der Waals surface area contributed by atoms with Crippen LogP contribution >= 0.6 is 11.3 Å². The minimum absolute atomic E-state index is 0.416. The van der Waals surface area contributed by atoms with E-state index in [1.807, 2.05) is 45.0 Å². The van der Waals surface area contributed by atoms with Crippen molar-refractivity contribution in [1.82, 2.24) is 0 Å². The largest absolute Gasteiger partial charge is 0.292 e. The number of thiophene rings is 1. The van der Waals surface area contributed by atoms with Gasteiger partial charge in [-0.2, -0.15) is 5.26 Å². The molecule has 0 unspecified atom stereocenters. The molecule has 0 aliphatic rings. The molecule has 0 saturated heterocycles. The summed E-state index contributed by atoms with van der Waals surface area (Å²) in [6.45, 7) is 5.63. The third kappa shape index (κ3) is 3.09. The highest BCUT2D eigenvalue weighted by molar-refractivity contribution is 7.14. The molecule has 1 aromatic heterocycles. The third-order valence-corrected chi connectivity index (χ3v) is 4.30. The summed E-state index contributed by atoms with van der Waals surface area (Å²) in [5.74, 6) is -2.11. The van der Waals surface area contributed by atoms with Crippen LogP contribution < -0.4 is 0 Å². The Hall–Kier alpha value is -2.25. The number of nitrogens with zero attached hydrogens (tertiary/aromatic N) is 1. The number of Topliss-reactive ketones (excluding diaryl/α,β-unsaturated/α-hetero) is 2. The molecule has 0 spiro atoms. The maximum Gasteiger partial charge on any atom is 0.197 e. The normalized spacial score (nSPS) is 11.7. The number of rotatable bonds is 4. The first-order valence-electron chi connectivity index (χ1n) is 6.55. The van der Waals surface area contributed by atoms with Gasteiger partial charge >= 0.3 is 0 Å². The molecule has 0 radical (unpaired) electrons. The summed E-state index contributed by atoms with van der Waals surface area (Å²) in [6, 6.07) is 10.7. The van der Waals surface area contributed by atoms with Crippen molar-refractivity contribution in [1.29, 1.82) is 5.26 Å². The number of hydrogen-bond donors (Lipinski definition) is 0. The Kier molecular flexibility index (Phi) is 4.35. The van der Waals surface area contributed by atoms with E-state index in [4.69, 9.17) is 0 Å². The predicted molar refractivity (Wildman–Crippen MR) is 82.7 cm³/mol. The van der Waals surface area contributed by atoms with Gasteiger partial charge in [0.15, 0.2) is 17.5 Å². The Labute approximate surface area is 127 Å². The van der Waals surface area contributed by atoms with Crippen LogP contribution in [0.15, 0.2) is 30.3 Å². The van der Waals surface area contributed by atoms with Crippen LogP contribution in [-0.4, -0.2) is 11.6 Å². The molecule has 21 heavy (non-hydrogen) atoms. The monoisotopic (exact) mass is 297 g/mol. The summed E-state index contributed by atoms with van der Waals surface area (Å²) >= 11 is 1.31. The Bertz CT molecular complexity index is 752. The van der Waals surface area contributed by atoms with Crippen molar-refractivity contribution in [2.75, 3.05) is 0 Å². The molecule has 3 nitrogen and oxygen atoms in total. The second kappa shape index (κ2) is 6.02. The molecule has 2 aromatic rings. The Balaban J connectivity index is 2.35. The van der Waals surface area contributed by atoms with Gasteiger partial charge in [0.1, 0.15) is 0 Å². The Morgan fingerprint density at radius 3 is 2.33 bits per heavy atom. The van der Waals surface area contributed by atoms with E-state index in [0.29, 0.717) is 10.4 Å². The van der Waals surface area contributed by atoms with Gasteiger partial charge in [-0.3, -0.25) is 9.59 Å². The molecule has 0 amide bonds. The van der Waals surface area contributed by atoms with Crippen LogP contribution in [0.25, 0.3) is 0 Å². The van der Waals surface area contributed by atoms with E-state index in [2.05, 4.69) is 0 Å². The summed E-state index contributed by atoms with van der Waals surface area (Å²) in [6.07, 6.45) is 0. The first-order chi connectivity index (χ1) is 9.93. The van der Waals surface area contributed by atoms with Crippen LogP contribution in [0.1, 0.15) is 36.0 Å². The molecular weight excluding hydrogens is 282 g/mol. The standard InChI is InChI=1S/C17H15NO2S/c1-10-4-6-13(11(2)8-10)16(19)14(9-18)17(20)15-7-5-12(3)21-15/h4-8,14H,1-3H3/t14-/m1/s1. The zero-order chi connectivity index (χ0) is 15.6. The van der Waals surface area contributed by atoms with Crippen LogP contribution in [-0.2, 0) is 0 Å². The lowest BCUT2D eigenvalue weighted by Gasteiger charge is -2.09. The molecule has 1 heterocycles.